The van der Waals surface area contributed by atoms with Crippen molar-refractivity contribution in [2.75, 3.05) is 7.11 Å². The van der Waals surface area contributed by atoms with Crippen molar-refractivity contribution < 1.29 is 14.7 Å². The molecule has 0 spiro atoms. The number of nitrogens with two attached hydrogens (primary N) is 1. The zero-order chi connectivity index (χ0) is 14.5. The van der Waals surface area contributed by atoms with E-state index in [1.54, 1.807) is 21.0 Å². The average molecular weight is 265 g/mol. The number of ether oxygens (including phenoxy) is 1. The third-order valence-electron chi connectivity index (χ3n) is 2.95. The van der Waals surface area contributed by atoms with Crippen LogP contribution < -0.4 is 15.8 Å². The Bertz CT molecular complexity index is 484. The molecule has 0 atom stereocenters. The molecule has 0 saturated carbocycles. The van der Waals surface area contributed by atoms with Crippen LogP contribution in [0.3, 0.4) is 0 Å². The Morgan fingerprint density at radius 1 is 1.47 bits per heavy atom. The van der Waals surface area contributed by atoms with Crippen molar-refractivity contribution in [3.05, 3.63) is 29.8 Å². The van der Waals surface area contributed by atoms with Crippen LogP contribution in [0.2, 0.25) is 0 Å². The molecule has 0 aromatic heterocycles. The number of carbonyl (C=O) groups is 1. The first-order valence-electron chi connectivity index (χ1n) is 5.81. The first-order valence-corrected chi connectivity index (χ1v) is 5.81. The Balaban J connectivity index is 2.74. The summed E-state index contributed by atoms with van der Waals surface area (Å²) in [5, 5.41) is 14.3. The number of amides is 1. The lowest BCUT2D eigenvalue weighted by Gasteiger charge is -2.22. The van der Waals surface area contributed by atoms with E-state index < -0.39 is 5.41 Å². The minimum Gasteiger partial charge on any atom is -0.496 e. The highest BCUT2D eigenvalue weighted by atomic mass is 16.5. The molecule has 0 saturated heterocycles. The number of methoxy groups -OCH3 is 1. The van der Waals surface area contributed by atoms with Gasteiger partial charge < -0.3 is 21.0 Å². The fraction of sp³-hybridized carbons (Fsp3) is 0.385. The summed E-state index contributed by atoms with van der Waals surface area (Å²) in [6.45, 7) is 3.48. The van der Waals surface area contributed by atoms with E-state index in [2.05, 4.69) is 10.5 Å². The summed E-state index contributed by atoms with van der Waals surface area (Å²) in [6, 6.07) is 7.38. The topological polar surface area (TPSA) is 96.9 Å². The van der Waals surface area contributed by atoms with Gasteiger partial charge >= 0.3 is 0 Å². The van der Waals surface area contributed by atoms with Crippen LogP contribution in [0.15, 0.2) is 29.4 Å². The van der Waals surface area contributed by atoms with E-state index in [0.29, 0.717) is 12.3 Å². The highest BCUT2D eigenvalue weighted by Gasteiger charge is 2.32. The molecular formula is C13H19N3O3. The van der Waals surface area contributed by atoms with Gasteiger partial charge in [0.25, 0.3) is 0 Å². The molecule has 1 rings (SSSR count). The van der Waals surface area contributed by atoms with Crippen molar-refractivity contribution in [2.24, 2.45) is 16.3 Å². The predicted molar refractivity (Wildman–Crippen MR) is 72.0 cm³/mol. The van der Waals surface area contributed by atoms with Crippen LogP contribution in [0.1, 0.15) is 19.4 Å². The molecule has 1 aromatic carbocycles. The van der Waals surface area contributed by atoms with Crippen molar-refractivity contribution in [1.82, 2.24) is 5.32 Å². The van der Waals surface area contributed by atoms with E-state index in [-0.39, 0.29) is 11.7 Å². The Labute approximate surface area is 112 Å². The van der Waals surface area contributed by atoms with Crippen molar-refractivity contribution in [2.45, 2.75) is 20.4 Å². The number of nitrogens with zero attached hydrogens (tertiary/aromatic N) is 1. The zero-order valence-electron chi connectivity index (χ0n) is 11.3. The van der Waals surface area contributed by atoms with Gasteiger partial charge in [0, 0.05) is 12.1 Å². The second-order valence-corrected chi connectivity index (χ2v) is 4.60. The van der Waals surface area contributed by atoms with Crippen molar-refractivity contribution in [3.8, 4) is 5.75 Å². The maximum atomic E-state index is 12.0. The van der Waals surface area contributed by atoms with Gasteiger partial charge in [-0.25, -0.2) is 0 Å². The van der Waals surface area contributed by atoms with Gasteiger partial charge in [-0.2, -0.15) is 0 Å². The summed E-state index contributed by atoms with van der Waals surface area (Å²) in [5.74, 6) is 0.239. The normalized spacial score (nSPS) is 12.1. The van der Waals surface area contributed by atoms with E-state index in [0.717, 1.165) is 5.56 Å². The molecule has 104 valence electrons. The lowest BCUT2D eigenvalue weighted by Crippen LogP contribution is -2.45. The lowest BCUT2D eigenvalue weighted by molar-refractivity contribution is -0.126. The van der Waals surface area contributed by atoms with Gasteiger partial charge in [-0.05, 0) is 19.9 Å². The van der Waals surface area contributed by atoms with Gasteiger partial charge in [-0.1, -0.05) is 23.4 Å². The molecule has 4 N–H and O–H groups in total. The van der Waals surface area contributed by atoms with Crippen LogP contribution in [-0.4, -0.2) is 24.1 Å². The highest BCUT2D eigenvalue weighted by Crippen LogP contribution is 2.19. The number of carbonyl (C=O) groups excluding carboxylic acids is 1. The predicted octanol–water partition coefficient (Wildman–Crippen LogP) is 1.08. The minimum atomic E-state index is -1.07. The smallest absolute Gasteiger partial charge is 0.233 e. The summed E-state index contributed by atoms with van der Waals surface area (Å²) in [4.78, 5) is 12.0. The van der Waals surface area contributed by atoms with Gasteiger partial charge in [-0.3, -0.25) is 4.79 Å². The first-order chi connectivity index (χ1) is 8.93. The molecule has 0 bridgehead atoms. The fourth-order valence-corrected chi connectivity index (χ4v) is 1.49. The molecule has 19 heavy (non-hydrogen) atoms. The van der Waals surface area contributed by atoms with Crippen molar-refractivity contribution in [3.63, 3.8) is 0 Å². The number of nitrogens with one attached hydrogen (secondary N) is 1. The summed E-state index contributed by atoms with van der Waals surface area (Å²) in [6.07, 6.45) is 0. The Hall–Kier alpha value is -2.24. The molecule has 0 fully saturated rings. The molecule has 1 aromatic rings. The molecule has 0 unspecified atom stereocenters. The van der Waals surface area contributed by atoms with Gasteiger partial charge in [0.1, 0.15) is 11.2 Å². The van der Waals surface area contributed by atoms with Crippen LogP contribution in [-0.2, 0) is 11.3 Å². The maximum Gasteiger partial charge on any atom is 0.233 e. The summed E-state index contributed by atoms with van der Waals surface area (Å²) >= 11 is 0. The van der Waals surface area contributed by atoms with Crippen LogP contribution in [0.4, 0.5) is 0 Å². The molecule has 0 aliphatic carbocycles. The molecular weight excluding hydrogens is 246 g/mol. The second kappa shape index (κ2) is 6.08. The number of amidine groups is 1. The lowest BCUT2D eigenvalue weighted by atomic mass is 9.91. The van der Waals surface area contributed by atoms with Crippen molar-refractivity contribution >= 4 is 11.7 Å². The average Bonchev–Trinajstić information content (AvgIpc) is 2.43. The standard InChI is InChI=1S/C13H19N3O3/c1-13(2,11(14)16-18)12(17)15-8-9-6-4-5-7-10(9)19-3/h4-7,18H,8H2,1-3H3,(H2,14,16)(H,15,17). The molecule has 0 radical (unpaired) electrons. The van der Waals surface area contributed by atoms with Gasteiger partial charge in [0.15, 0.2) is 5.84 Å². The van der Waals surface area contributed by atoms with Gasteiger partial charge in [0.2, 0.25) is 5.91 Å². The zero-order valence-corrected chi connectivity index (χ0v) is 11.3. The van der Waals surface area contributed by atoms with E-state index in [1.807, 2.05) is 24.3 Å². The molecule has 0 heterocycles. The fourth-order valence-electron chi connectivity index (χ4n) is 1.49. The van der Waals surface area contributed by atoms with Crippen LogP contribution in [0.5, 0.6) is 5.75 Å². The highest BCUT2D eigenvalue weighted by molar-refractivity contribution is 6.05. The van der Waals surface area contributed by atoms with Gasteiger partial charge in [0.05, 0.1) is 7.11 Å². The molecule has 1 amide bonds. The monoisotopic (exact) mass is 265 g/mol. The molecule has 0 aliphatic rings. The number of oxime groups is 1. The van der Waals surface area contributed by atoms with Crippen LogP contribution in [0.25, 0.3) is 0 Å². The van der Waals surface area contributed by atoms with E-state index >= 15 is 0 Å². The second-order valence-electron chi connectivity index (χ2n) is 4.60. The Morgan fingerprint density at radius 3 is 2.68 bits per heavy atom. The summed E-state index contributed by atoms with van der Waals surface area (Å²) < 4.78 is 5.19. The number of benzene rings is 1. The maximum absolute atomic E-state index is 12.0. The Kier molecular flexibility index (Phi) is 4.74. The summed E-state index contributed by atoms with van der Waals surface area (Å²) in [7, 11) is 1.57. The van der Waals surface area contributed by atoms with E-state index in [4.69, 9.17) is 15.7 Å². The third kappa shape index (κ3) is 3.37. The largest absolute Gasteiger partial charge is 0.496 e. The molecule has 0 aliphatic heterocycles. The first kappa shape index (κ1) is 14.8. The number of hydrogen-bond donors (Lipinski definition) is 3. The number of rotatable bonds is 5. The van der Waals surface area contributed by atoms with E-state index in [9.17, 15) is 4.79 Å². The molecule has 6 heteroatoms. The SMILES string of the molecule is COc1ccccc1CNC(=O)C(C)(C)C(N)=NO. The number of para-hydroxylation sites is 1. The van der Waals surface area contributed by atoms with Crippen LogP contribution >= 0.6 is 0 Å². The van der Waals surface area contributed by atoms with Crippen LogP contribution in [0, 0.1) is 5.41 Å². The number of hydrogen-bond acceptors (Lipinski definition) is 4. The molecule has 6 nitrogen and oxygen atoms in total. The summed E-state index contributed by atoms with van der Waals surface area (Å²) in [5.41, 5.74) is 5.27. The minimum absolute atomic E-state index is 0.134. The van der Waals surface area contributed by atoms with Gasteiger partial charge in [-0.15, -0.1) is 0 Å². The Morgan fingerprint density at radius 2 is 2.11 bits per heavy atom. The van der Waals surface area contributed by atoms with E-state index in [1.165, 1.54) is 0 Å². The van der Waals surface area contributed by atoms with Crippen molar-refractivity contribution in [1.29, 1.82) is 0 Å². The quantitative estimate of drug-likeness (QED) is 0.321. The third-order valence-corrected chi connectivity index (χ3v) is 2.95.